The zero-order chi connectivity index (χ0) is 14.9. The average Bonchev–Trinajstić information content (AvgIpc) is 2.86. The molecule has 2 heterocycles. The van der Waals surface area contributed by atoms with Crippen LogP contribution in [-0.2, 0) is 9.53 Å². The van der Waals surface area contributed by atoms with Crippen molar-refractivity contribution in [2.45, 2.75) is 38.5 Å². The van der Waals surface area contributed by atoms with E-state index < -0.39 is 11.7 Å². The number of nitrogens with zero attached hydrogens (tertiary/aromatic N) is 1. The number of rotatable bonds is 2. The summed E-state index contributed by atoms with van der Waals surface area (Å²) in [4.78, 5) is 25.7. The Labute approximate surface area is 124 Å². The van der Waals surface area contributed by atoms with Gasteiger partial charge in [0.05, 0.1) is 0 Å². The maximum atomic E-state index is 12.2. The molecule has 0 aromatic carbocycles. The number of fused-ring (bicyclic) bond motifs is 7. The smallest absolute Gasteiger partial charge is 0.408 e. The van der Waals surface area contributed by atoms with Crippen LogP contribution in [0.15, 0.2) is 0 Å². The van der Waals surface area contributed by atoms with Crippen LogP contribution in [0.4, 0.5) is 4.79 Å². The predicted molar refractivity (Wildman–Crippen MR) is 75.5 cm³/mol. The lowest BCUT2D eigenvalue weighted by molar-refractivity contribution is -0.129. The minimum Gasteiger partial charge on any atom is -0.444 e. The van der Waals surface area contributed by atoms with E-state index in [4.69, 9.17) is 4.74 Å². The molecule has 2 N–H and O–H groups in total. The first-order valence-electron chi connectivity index (χ1n) is 7.86. The summed E-state index contributed by atoms with van der Waals surface area (Å²) in [5.74, 6) is 3.03. The van der Waals surface area contributed by atoms with Crippen LogP contribution < -0.4 is 10.6 Å². The molecule has 4 fully saturated rings. The van der Waals surface area contributed by atoms with E-state index >= 15 is 0 Å². The van der Waals surface area contributed by atoms with Crippen molar-refractivity contribution in [2.24, 2.45) is 23.7 Å². The Morgan fingerprint density at radius 3 is 2.29 bits per heavy atom. The molecule has 2 aliphatic carbocycles. The van der Waals surface area contributed by atoms with E-state index in [2.05, 4.69) is 10.6 Å². The molecular weight excluding hydrogens is 270 g/mol. The number of amides is 2. The third-order valence-corrected chi connectivity index (χ3v) is 5.47. The molecular formula is C15H23N3O3. The summed E-state index contributed by atoms with van der Waals surface area (Å²) < 4.78 is 5.14. The number of likely N-dealkylation sites (tertiary alicyclic amines) is 1. The van der Waals surface area contributed by atoms with Gasteiger partial charge >= 0.3 is 6.09 Å². The van der Waals surface area contributed by atoms with Gasteiger partial charge < -0.3 is 20.3 Å². The summed E-state index contributed by atoms with van der Waals surface area (Å²) in [5, 5.41) is 6.08. The van der Waals surface area contributed by atoms with E-state index in [9.17, 15) is 9.59 Å². The molecule has 6 unspecified atom stereocenters. The van der Waals surface area contributed by atoms with Gasteiger partial charge in [-0.1, -0.05) is 0 Å². The Bertz CT molecular complexity index is 479. The topological polar surface area (TPSA) is 80.6 Å². The fourth-order valence-electron chi connectivity index (χ4n) is 4.61. The summed E-state index contributed by atoms with van der Waals surface area (Å²) >= 11 is 0. The molecule has 0 spiro atoms. The van der Waals surface area contributed by atoms with Crippen molar-refractivity contribution in [3.63, 3.8) is 0 Å². The van der Waals surface area contributed by atoms with E-state index in [1.807, 2.05) is 25.7 Å². The van der Waals surface area contributed by atoms with Gasteiger partial charge in [-0.25, -0.2) is 4.79 Å². The van der Waals surface area contributed by atoms with Gasteiger partial charge in [-0.2, -0.15) is 0 Å². The molecule has 0 bridgehead atoms. The Hall–Kier alpha value is -1.30. The highest BCUT2D eigenvalue weighted by molar-refractivity contribution is 5.82. The Kier molecular flexibility index (Phi) is 2.62. The van der Waals surface area contributed by atoms with Crippen molar-refractivity contribution in [2.75, 3.05) is 19.6 Å². The summed E-state index contributed by atoms with van der Waals surface area (Å²) in [7, 11) is 0. The van der Waals surface area contributed by atoms with Crippen LogP contribution in [0.3, 0.4) is 0 Å². The molecule has 2 saturated carbocycles. The van der Waals surface area contributed by atoms with Gasteiger partial charge in [0.25, 0.3) is 0 Å². The fourth-order valence-corrected chi connectivity index (χ4v) is 4.61. The van der Waals surface area contributed by atoms with Crippen LogP contribution >= 0.6 is 0 Å². The Morgan fingerprint density at radius 1 is 1.19 bits per heavy atom. The van der Waals surface area contributed by atoms with Gasteiger partial charge in [-0.3, -0.25) is 4.79 Å². The number of hydrogen-bond donors (Lipinski definition) is 2. The molecule has 4 aliphatic rings. The maximum absolute atomic E-state index is 12.2. The molecule has 6 nitrogen and oxygen atoms in total. The number of carbonyl (C=O) groups excluding carboxylic acids is 2. The quantitative estimate of drug-likeness (QED) is 0.712. The zero-order valence-electron chi connectivity index (χ0n) is 12.8. The van der Waals surface area contributed by atoms with Crippen LogP contribution in [0.1, 0.15) is 20.8 Å². The van der Waals surface area contributed by atoms with E-state index in [1.165, 1.54) is 0 Å². The van der Waals surface area contributed by atoms with Crippen LogP contribution in [0.25, 0.3) is 0 Å². The first kappa shape index (κ1) is 13.4. The normalized spacial score (nSPS) is 42.0. The average molecular weight is 293 g/mol. The van der Waals surface area contributed by atoms with Gasteiger partial charge in [0.2, 0.25) is 5.91 Å². The largest absolute Gasteiger partial charge is 0.444 e. The number of hydrogen-bond acceptors (Lipinski definition) is 4. The Morgan fingerprint density at radius 2 is 1.76 bits per heavy atom. The second-order valence-corrected chi connectivity index (χ2v) is 7.85. The summed E-state index contributed by atoms with van der Waals surface area (Å²) in [6.45, 7) is 7.19. The summed E-state index contributed by atoms with van der Waals surface area (Å²) in [6, 6.07) is 1.51. The molecule has 116 valence electrons. The lowest BCUT2D eigenvalue weighted by Crippen LogP contribution is -2.58. The lowest BCUT2D eigenvalue weighted by Gasteiger charge is -2.54. The number of alkyl carbamates (subject to hydrolysis) is 1. The maximum Gasteiger partial charge on any atom is 0.408 e. The van der Waals surface area contributed by atoms with E-state index in [0.717, 1.165) is 37.0 Å². The molecule has 2 saturated heterocycles. The third-order valence-electron chi connectivity index (χ3n) is 5.47. The molecule has 4 rings (SSSR count). The lowest BCUT2D eigenvalue weighted by atomic mass is 9.48. The SMILES string of the molecule is CC(C)(C)OC(=O)NCC(=O)N1CC2C(C1)C1C3NC3C21. The van der Waals surface area contributed by atoms with Gasteiger partial charge in [0, 0.05) is 25.2 Å². The van der Waals surface area contributed by atoms with Gasteiger partial charge in [0.15, 0.2) is 0 Å². The molecule has 2 aliphatic heterocycles. The van der Waals surface area contributed by atoms with E-state index in [-0.39, 0.29) is 12.5 Å². The first-order valence-corrected chi connectivity index (χ1v) is 7.86. The number of carbonyl (C=O) groups is 2. The highest BCUT2D eigenvalue weighted by Crippen LogP contribution is 2.66. The summed E-state index contributed by atoms with van der Waals surface area (Å²) in [6.07, 6.45) is -0.525. The molecule has 21 heavy (non-hydrogen) atoms. The third kappa shape index (κ3) is 2.03. The predicted octanol–water partition coefficient (Wildman–Crippen LogP) is 0.186. The van der Waals surface area contributed by atoms with Crippen molar-refractivity contribution in [3.05, 3.63) is 0 Å². The fraction of sp³-hybridized carbons (Fsp3) is 0.867. The molecule has 2 amide bonds. The number of nitrogens with one attached hydrogen (secondary N) is 2. The van der Waals surface area contributed by atoms with E-state index in [0.29, 0.717) is 11.8 Å². The molecule has 6 atom stereocenters. The summed E-state index contributed by atoms with van der Waals surface area (Å²) in [5.41, 5.74) is -0.535. The monoisotopic (exact) mass is 293 g/mol. The first-order chi connectivity index (χ1) is 9.85. The van der Waals surface area contributed by atoms with Crippen LogP contribution in [0.2, 0.25) is 0 Å². The van der Waals surface area contributed by atoms with E-state index in [1.54, 1.807) is 0 Å². The molecule has 0 aromatic rings. The van der Waals surface area contributed by atoms with Crippen LogP contribution in [0, 0.1) is 23.7 Å². The van der Waals surface area contributed by atoms with Crippen LogP contribution in [0.5, 0.6) is 0 Å². The highest BCUT2D eigenvalue weighted by Gasteiger charge is 2.75. The van der Waals surface area contributed by atoms with Crippen molar-refractivity contribution in [3.8, 4) is 0 Å². The highest BCUT2D eigenvalue weighted by atomic mass is 16.6. The zero-order valence-corrected chi connectivity index (χ0v) is 12.8. The van der Waals surface area contributed by atoms with Crippen molar-refractivity contribution < 1.29 is 14.3 Å². The second-order valence-electron chi connectivity index (χ2n) is 7.85. The molecule has 6 heteroatoms. The second kappa shape index (κ2) is 4.12. The van der Waals surface area contributed by atoms with Crippen molar-refractivity contribution in [1.29, 1.82) is 0 Å². The van der Waals surface area contributed by atoms with Crippen molar-refractivity contribution >= 4 is 12.0 Å². The minimum absolute atomic E-state index is 0.0105. The molecule has 0 aromatic heterocycles. The standard InChI is InChI=1S/C15H23N3O3/c1-15(2,3)21-14(20)16-4-9(19)18-5-7-8(6-18)11-10(7)12-13(11)17-12/h7-8,10-13,17H,4-6H2,1-3H3,(H,16,20). The van der Waals surface area contributed by atoms with Gasteiger partial charge in [-0.05, 0) is 44.4 Å². The minimum atomic E-state index is -0.535. The van der Waals surface area contributed by atoms with Crippen molar-refractivity contribution in [1.82, 2.24) is 15.5 Å². The number of ether oxygens (including phenoxy) is 1. The van der Waals surface area contributed by atoms with Gasteiger partial charge in [0.1, 0.15) is 12.1 Å². The Balaban J connectivity index is 1.24. The molecule has 0 radical (unpaired) electrons. The van der Waals surface area contributed by atoms with Gasteiger partial charge in [-0.15, -0.1) is 0 Å². The van der Waals surface area contributed by atoms with Crippen LogP contribution in [-0.4, -0.2) is 54.2 Å².